The van der Waals surface area contributed by atoms with Crippen molar-refractivity contribution in [2.45, 2.75) is 25.7 Å². The lowest BCUT2D eigenvalue weighted by Crippen LogP contribution is -2.00. The van der Waals surface area contributed by atoms with Crippen LogP contribution in [-0.4, -0.2) is 36.1 Å². The van der Waals surface area contributed by atoms with E-state index in [0.29, 0.717) is 25.7 Å². The molecule has 0 aliphatic heterocycles. The highest BCUT2D eigenvalue weighted by Gasteiger charge is 2.18. The van der Waals surface area contributed by atoms with Crippen molar-refractivity contribution in [1.82, 2.24) is 9.97 Å². The fourth-order valence-corrected chi connectivity index (χ4v) is 6.01. The predicted octanol–water partition coefficient (Wildman–Crippen LogP) is 6.45. The molecule has 5 rings (SSSR count). The van der Waals surface area contributed by atoms with Crippen LogP contribution in [-0.2, 0) is 31.9 Å². The normalized spacial score (nSPS) is 11.2. The Morgan fingerprint density at radius 3 is 1.56 bits per heavy atom. The maximum atomic E-state index is 11.6. The van der Waals surface area contributed by atoms with Gasteiger partial charge in [0.25, 0.3) is 0 Å². The van der Waals surface area contributed by atoms with Crippen molar-refractivity contribution >= 4 is 56.4 Å². The third kappa shape index (κ3) is 5.15. The lowest BCUT2D eigenvalue weighted by Gasteiger charge is -2.09. The summed E-state index contributed by atoms with van der Waals surface area (Å²) in [5.41, 5.74) is 3.29. The number of carbonyl (C=O) groups excluding carboxylic acids is 2. The zero-order valence-corrected chi connectivity index (χ0v) is 21.6. The molecule has 2 aromatic carbocycles. The molecule has 0 unspecified atom stereocenters. The highest BCUT2D eigenvalue weighted by Crippen LogP contribution is 2.38. The van der Waals surface area contributed by atoms with Gasteiger partial charge in [-0.2, -0.15) is 0 Å². The van der Waals surface area contributed by atoms with Crippen molar-refractivity contribution in [3.8, 4) is 21.1 Å². The molecule has 0 amide bonds. The molecule has 3 aromatic heterocycles. The van der Waals surface area contributed by atoms with Crippen LogP contribution in [0.4, 0.5) is 0 Å². The molecule has 0 saturated carbocycles. The number of methoxy groups -OCH3 is 2. The number of thiophene rings is 2. The van der Waals surface area contributed by atoms with Crippen molar-refractivity contribution in [2.24, 2.45) is 0 Å². The van der Waals surface area contributed by atoms with E-state index in [4.69, 9.17) is 19.4 Å². The van der Waals surface area contributed by atoms with E-state index in [1.165, 1.54) is 14.2 Å². The second-order valence-electron chi connectivity index (χ2n) is 8.29. The number of hydrogen-bond acceptors (Lipinski definition) is 8. The van der Waals surface area contributed by atoms with Crippen molar-refractivity contribution in [1.29, 1.82) is 0 Å². The molecule has 6 nitrogen and oxygen atoms in total. The van der Waals surface area contributed by atoms with Crippen LogP contribution in [0.3, 0.4) is 0 Å². The standard InChI is InChI=1S/C28H24N2O4S2/c1-33-25(31)13-9-19-7-11-23(35-19)27-28(24-12-8-20(36-24)10-14-26(32)34-2)30-22-16-18-6-4-3-5-17(18)15-21(22)29-27/h3-8,11-12,15-16H,9-10,13-14H2,1-2H3. The van der Waals surface area contributed by atoms with Crippen LogP contribution in [0.15, 0.2) is 60.7 Å². The first-order valence-corrected chi connectivity index (χ1v) is 13.2. The number of aryl methyl sites for hydroxylation is 2. The first kappa shape index (κ1) is 24.1. The molecule has 3 heterocycles. The molecular weight excluding hydrogens is 492 g/mol. The van der Waals surface area contributed by atoms with Crippen LogP contribution in [0.5, 0.6) is 0 Å². The molecule has 0 aliphatic carbocycles. The number of esters is 2. The molecule has 5 aromatic rings. The van der Waals surface area contributed by atoms with Crippen molar-refractivity contribution < 1.29 is 19.1 Å². The minimum absolute atomic E-state index is 0.221. The summed E-state index contributed by atoms with van der Waals surface area (Å²) in [5, 5.41) is 2.23. The van der Waals surface area contributed by atoms with E-state index < -0.39 is 0 Å². The highest BCUT2D eigenvalue weighted by atomic mass is 32.1. The van der Waals surface area contributed by atoms with Gasteiger partial charge in [0.05, 0.1) is 47.8 Å². The van der Waals surface area contributed by atoms with Gasteiger partial charge in [0.15, 0.2) is 0 Å². The number of rotatable bonds is 8. The first-order chi connectivity index (χ1) is 17.5. The summed E-state index contributed by atoms with van der Waals surface area (Å²) in [6.07, 6.45) is 1.92. The Labute approximate surface area is 216 Å². The van der Waals surface area contributed by atoms with Crippen LogP contribution in [0.25, 0.3) is 42.9 Å². The average molecular weight is 517 g/mol. The first-order valence-electron chi connectivity index (χ1n) is 11.6. The quantitative estimate of drug-likeness (QED) is 0.174. The molecule has 0 fully saturated rings. The molecule has 36 heavy (non-hydrogen) atoms. The van der Waals surface area contributed by atoms with Gasteiger partial charge in [0.2, 0.25) is 0 Å². The van der Waals surface area contributed by atoms with E-state index in [0.717, 1.165) is 52.7 Å². The third-order valence-electron chi connectivity index (χ3n) is 5.93. The summed E-state index contributed by atoms with van der Waals surface area (Å²) in [4.78, 5) is 37.5. The van der Waals surface area contributed by atoms with E-state index in [9.17, 15) is 9.59 Å². The fourth-order valence-electron chi connectivity index (χ4n) is 4.02. The Morgan fingerprint density at radius 2 is 1.14 bits per heavy atom. The fraction of sp³-hybridized carbons (Fsp3) is 0.214. The van der Waals surface area contributed by atoms with E-state index in [1.807, 2.05) is 36.4 Å². The second-order valence-corrected chi connectivity index (χ2v) is 10.6. The van der Waals surface area contributed by atoms with Gasteiger partial charge in [-0.05, 0) is 60.0 Å². The van der Waals surface area contributed by atoms with Crippen LogP contribution in [0.1, 0.15) is 22.6 Å². The lowest BCUT2D eigenvalue weighted by atomic mass is 10.1. The second kappa shape index (κ2) is 10.6. The average Bonchev–Trinajstić information content (AvgIpc) is 3.58. The van der Waals surface area contributed by atoms with Crippen LogP contribution >= 0.6 is 22.7 Å². The molecule has 0 N–H and O–H groups in total. The Bertz CT molecular complexity index is 1450. The lowest BCUT2D eigenvalue weighted by molar-refractivity contribution is -0.141. The summed E-state index contributed by atoms with van der Waals surface area (Å²) in [6.45, 7) is 0. The Balaban J connectivity index is 1.58. The number of carbonyl (C=O) groups is 2. The van der Waals surface area contributed by atoms with E-state index in [1.54, 1.807) is 22.7 Å². The zero-order valence-electron chi connectivity index (χ0n) is 19.9. The van der Waals surface area contributed by atoms with Gasteiger partial charge >= 0.3 is 11.9 Å². The third-order valence-corrected chi connectivity index (χ3v) is 8.23. The minimum atomic E-state index is -0.221. The van der Waals surface area contributed by atoms with Gasteiger partial charge in [-0.15, -0.1) is 22.7 Å². The number of fused-ring (bicyclic) bond motifs is 2. The molecule has 0 atom stereocenters. The Morgan fingerprint density at radius 1 is 0.694 bits per heavy atom. The molecule has 182 valence electrons. The summed E-state index contributed by atoms with van der Waals surface area (Å²) in [6, 6.07) is 20.5. The van der Waals surface area contributed by atoms with Crippen LogP contribution in [0.2, 0.25) is 0 Å². The summed E-state index contributed by atoms with van der Waals surface area (Å²) < 4.78 is 9.57. The summed E-state index contributed by atoms with van der Waals surface area (Å²) >= 11 is 3.23. The maximum absolute atomic E-state index is 11.6. The van der Waals surface area contributed by atoms with Crippen molar-refractivity contribution in [3.63, 3.8) is 0 Å². The van der Waals surface area contributed by atoms with Gasteiger partial charge in [-0.25, -0.2) is 9.97 Å². The highest BCUT2D eigenvalue weighted by molar-refractivity contribution is 7.16. The molecular formula is C28H24N2O4S2. The van der Waals surface area contributed by atoms with Crippen molar-refractivity contribution in [3.05, 3.63) is 70.4 Å². The Hall–Kier alpha value is -3.62. The molecule has 0 saturated heterocycles. The molecule has 0 aliphatic rings. The number of nitrogens with zero attached hydrogens (tertiary/aromatic N) is 2. The van der Waals surface area contributed by atoms with Gasteiger partial charge in [-0.3, -0.25) is 9.59 Å². The van der Waals surface area contributed by atoms with Gasteiger partial charge in [0, 0.05) is 9.75 Å². The largest absolute Gasteiger partial charge is 0.469 e. The van der Waals surface area contributed by atoms with Gasteiger partial charge in [0.1, 0.15) is 11.4 Å². The smallest absolute Gasteiger partial charge is 0.305 e. The molecule has 0 bridgehead atoms. The monoisotopic (exact) mass is 516 g/mol. The van der Waals surface area contributed by atoms with E-state index in [-0.39, 0.29) is 11.9 Å². The molecule has 0 radical (unpaired) electrons. The summed E-state index contributed by atoms with van der Waals surface area (Å²) in [7, 11) is 2.81. The number of benzene rings is 2. The van der Waals surface area contributed by atoms with E-state index in [2.05, 4.69) is 24.3 Å². The van der Waals surface area contributed by atoms with Crippen molar-refractivity contribution in [2.75, 3.05) is 14.2 Å². The van der Waals surface area contributed by atoms with E-state index >= 15 is 0 Å². The molecule has 0 spiro atoms. The maximum Gasteiger partial charge on any atom is 0.305 e. The number of ether oxygens (including phenoxy) is 2. The number of aromatic nitrogens is 2. The SMILES string of the molecule is COC(=O)CCc1ccc(-c2nc3cc4ccccc4cc3nc2-c2ccc(CCC(=O)OC)s2)s1. The number of hydrogen-bond donors (Lipinski definition) is 0. The predicted molar refractivity (Wildman–Crippen MR) is 144 cm³/mol. The van der Waals surface area contributed by atoms with Crippen LogP contribution < -0.4 is 0 Å². The minimum Gasteiger partial charge on any atom is -0.469 e. The van der Waals surface area contributed by atoms with Crippen LogP contribution in [0, 0.1) is 0 Å². The van der Waals surface area contributed by atoms with Gasteiger partial charge < -0.3 is 9.47 Å². The summed E-state index contributed by atoms with van der Waals surface area (Å²) in [5.74, 6) is -0.442. The molecule has 8 heteroatoms. The topological polar surface area (TPSA) is 78.4 Å². The Kier molecular flexibility index (Phi) is 7.06. The van der Waals surface area contributed by atoms with Gasteiger partial charge in [-0.1, -0.05) is 24.3 Å². The zero-order chi connectivity index (χ0) is 25.1.